The van der Waals surface area contributed by atoms with Crippen molar-refractivity contribution in [3.8, 4) is 0 Å². The quantitative estimate of drug-likeness (QED) is 0.532. The summed E-state index contributed by atoms with van der Waals surface area (Å²) in [6.45, 7) is 2.66. The van der Waals surface area contributed by atoms with E-state index in [1.54, 1.807) is 0 Å². The summed E-state index contributed by atoms with van der Waals surface area (Å²) in [7, 11) is 0. The Morgan fingerprint density at radius 3 is 1.91 bits per heavy atom. The number of aryl methyl sites for hydroxylation is 2. The van der Waals surface area contributed by atoms with Gasteiger partial charge in [-0.3, -0.25) is 4.79 Å². The molecule has 0 aliphatic heterocycles. The lowest BCUT2D eigenvalue weighted by atomic mass is 10.1. The highest BCUT2D eigenvalue weighted by Crippen LogP contribution is 2.37. The fraction of sp³-hybridized carbons (Fsp3) is 0.333. The maximum atomic E-state index is 13.0. The molecule has 1 N–H and O–H groups in total. The molecule has 15 heteroatoms. The molecule has 2 heterocycles. The Labute approximate surface area is 178 Å². The van der Waals surface area contributed by atoms with Crippen LogP contribution in [0.3, 0.4) is 0 Å². The monoisotopic (exact) mass is 485 g/mol. The smallest absolute Gasteiger partial charge is 0.326 e. The molecule has 33 heavy (non-hydrogen) atoms. The van der Waals surface area contributed by atoms with Gasteiger partial charge in [0.1, 0.15) is 0 Å². The minimum absolute atomic E-state index is 0.0377. The van der Waals surface area contributed by atoms with Gasteiger partial charge in [0.2, 0.25) is 5.91 Å². The molecule has 0 aliphatic rings. The number of nitrogens with zero attached hydrogens (tertiary/aromatic N) is 4. The lowest BCUT2D eigenvalue weighted by molar-refractivity contribution is -0.145. The van der Waals surface area contributed by atoms with Crippen LogP contribution in [0, 0.1) is 13.8 Å². The second kappa shape index (κ2) is 7.88. The average molecular weight is 485 g/mol. The van der Waals surface area contributed by atoms with Gasteiger partial charge in [0.25, 0.3) is 11.6 Å². The summed E-state index contributed by atoms with van der Waals surface area (Å²) >= 11 is 0. The van der Waals surface area contributed by atoms with E-state index in [2.05, 4.69) is 15.1 Å². The van der Waals surface area contributed by atoms with Gasteiger partial charge < -0.3 is 5.32 Å². The lowest BCUT2D eigenvalue weighted by Crippen LogP contribution is -2.19. The van der Waals surface area contributed by atoms with Crippen LogP contribution in [0.5, 0.6) is 0 Å². The van der Waals surface area contributed by atoms with E-state index >= 15 is 0 Å². The van der Waals surface area contributed by atoms with E-state index in [0.717, 1.165) is 4.52 Å². The first kappa shape index (κ1) is 24.3. The maximum absolute atomic E-state index is 13.0. The third-order valence-corrected chi connectivity index (χ3v) is 4.51. The van der Waals surface area contributed by atoms with Crippen LogP contribution < -0.4 is 5.32 Å². The second-order valence-electron chi connectivity index (χ2n) is 6.93. The van der Waals surface area contributed by atoms with Gasteiger partial charge in [-0.25, -0.2) is 9.50 Å². The molecule has 178 valence electrons. The van der Waals surface area contributed by atoms with E-state index in [4.69, 9.17) is 0 Å². The molecule has 3 aromatic rings. The summed E-state index contributed by atoms with van der Waals surface area (Å²) in [5, 5.41) is 5.25. The Balaban J connectivity index is 1.94. The van der Waals surface area contributed by atoms with Gasteiger partial charge in [0, 0.05) is 22.6 Å². The van der Waals surface area contributed by atoms with Crippen LogP contribution in [-0.2, 0) is 29.7 Å². The van der Waals surface area contributed by atoms with Crippen LogP contribution in [-0.4, -0.2) is 25.5 Å². The van der Waals surface area contributed by atoms with E-state index < -0.39 is 59.3 Å². The Hall–Kier alpha value is -3.39. The van der Waals surface area contributed by atoms with Gasteiger partial charge in [-0.2, -0.15) is 44.5 Å². The molecular formula is C18H12F9N5O. The Bertz CT molecular complexity index is 1190. The summed E-state index contributed by atoms with van der Waals surface area (Å²) < 4.78 is 117. The Kier molecular flexibility index (Phi) is 5.79. The lowest BCUT2D eigenvalue weighted by Gasteiger charge is -2.15. The summed E-state index contributed by atoms with van der Waals surface area (Å²) in [5.41, 5.74) is -3.81. The first-order valence-electron chi connectivity index (χ1n) is 8.86. The van der Waals surface area contributed by atoms with Gasteiger partial charge in [-0.05, 0) is 32.0 Å². The molecule has 6 nitrogen and oxygen atoms in total. The molecule has 0 saturated heterocycles. The molecule has 1 aromatic carbocycles. The van der Waals surface area contributed by atoms with Crippen molar-refractivity contribution in [1.29, 1.82) is 0 Å². The topological polar surface area (TPSA) is 72.2 Å². The number of nitrogens with one attached hydrogen (secondary N) is 1. The zero-order valence-electron chi connectivity index (χ0n) is 16.5. The molecule has 0 radical (unpaired) electrons. The molecule has 0 fully saturated rings. The largest absolute Gasteiger partial charge is 0.453 e. The number of halogens is 9. The minimum atomic E-state index is -5.11. The molecule has 3 rings (SSSR count). The number of rotatable bonds is 3. The molecule has 2 aromatic heterocycles. The van der Waals surface area contributed by atoms with E-state index in [-0.39, 0.29) is 23.0 Å². The number of carbonyl (C=O) groups is 1. The highest BCUT2D eigenvalue weighted by Gasteiger charge is 2.38. The summed E-state index contributed by atoms with van der Waals surface area (Å²) in [6.07, 6.45) is -15.7. The number of hydrogen-bond acceptors (Lipinski definition) is 4. The number of alkyl halides is 9. The molecule has 0 bridgehead atoms. The van der Waals surface area contributed by atoms with E-state index in [1.165, 1.54) is 13.8 Å². The van der Waals surface area contributed by atoms with Crippen LogP contribution in [0.15, 0.2) is 18.2 Å². The van der Waals surface area contributed by atoms with Crippen molar-refractivity contribution in [2.24, 2.45) is 0 Å². The predicted molar refractivity (Wildman–Crippen MR) is 94.0 cm³/mol. The van der Waals surface area contributed by atoms with E-state index in [9.17, 15) is 44.3 Å². The third kappa shape index (κ3) is 5.17. The molecule has 0 spiro atoms. The van der Waals surface area contributed by atoms with Crippen LogP contribution >= 0.6 is 0 Å². The number of fused-ring (bicyclic) bond motifs is 1. The second-order valence-corrected chi connectivity index (χ2v) is 6.93. The normalized spacial score (nSPS) is 12.9. The van der Waals surface area contributed by atoms with Crippen molar-refractivity contribution in [1.82, 2.24) is 19.6 Å². The van der Waals surface area contributed by atoms with Crippen molar-refractivity contribution >= 4 is 17.4 Å². The SMILES string of the molecule is Cc1nc2nc(C(F)(F)F)nn2c(C)c1CC(=O)Nc1cc(C(F)(F)F)cc(C(F)(F)F)c1. The summed E-state index contributed by atoms with van der Waals surface area (Å²) in [6, 6.07) is 0.577. The molecule has 0 atom stereocenters. The van der Waals surface area contributed by atoms with Gasteiger partial charge in [-0.15, -0.1) is 5.10 Å². The Morgan fingerprint density at radius 1 is 0.879 bits per heavy atom. The van der Waals surface area contributed by atoms with Gasteiger partial charge in [0.05, 0.1) is 17.5 Å². The first-order chi connectivity index (χ1) is 15.0. The third-order valence-electron chi connectivity index (χ3n) is 4.51. The average Bonchev–Trinajstić information content (AvgIpc) is 3.08. The van der Waals surface area contributed by atoms with Crippen molar-refractivity contribution in [3.63, 3.8) is 0 Å². The number of carbonyl (C=O) groups excluding carboxylic acids is 1. The summed E-state index contributed by atoms with van der Waals surface area (Å²) in [5.74, 6) is -2.89. The highest BCUT2D eigenvalue weighted by molar-refractivity contribution is 5.92. The first-order valence-corrected chi connectivity index (χ1v) is 8.86. The van der Waals surface area contributed by atoms with Crippen molar-refractivity contribution in [2.75, 3.05) is 5.32 Å². The van der Waals surface area contributed by atoms with Crippen LogP contribution in [0.1, 0.15) is 33.9 Å². The number of benzene rings is 1. The van der Waals surface area contributed by atoms with Crippen molar-refractivity contribution in [3.05, 3.63) is 52.1 Å². The van der Waals surface area contributed by atoms with Crippen LogP contribution in [0.4, 0.5) is 45.2 Å². The number of anilines is 1. The highest BCUT2D eigenvalue weighted by atomic mass is 19.4. The zero-order chi connectivity index (χ0) is 24.9. The molecule has 0 unspecified atom stereocenters. The molecule has 1 amide bonds. The minimum Gasteiger partial charge on any atom is -0.326 e. The Morgan fingerprint density at radius 2 is 1.42 bits per heavy atom. The van der Waals surface area contributed by atoms with E-state index in [1.807, 2.05) is 5.32 Å². The van der Waals surface area contributed by atoms with Crippen molar-refractivity contribution < 1.29 is 44.3 Å². The molecular weight excluding hydrogens is 473 g/mol. The number of amides is 1. The standard InChI is InChI=1S/C18H12F9N5O/c1-7-12(8(2)32-15(28-7)30-14(31-32)18(25,26)27)6-13(33)29-11-4-9(16(19,20)21)3-10(5-11)17(22,23)24/h3-5H,6H2,1-2H3,(H,29,33). The zero-order valence-corrected chi connectivity index (χ0v) is 16.5. The maximum Gasteiger partial charge on any atom is 0.453 e. The fourth-order valence-corrected chi connectivity index (χ4v) is 2.98. The van der Waals surface area contributed by atoms with Crippen LogP contribution in [0.25, 0.3) is 5.78 Å². The summed E-state index contributed by atoms with van der Waals surface area (Å²) in [4.78, 5) is 19.5. The molecule has 0 aliphatic carbocycles. The van der Waals surface area contributed by atoms with E-state index in [0.29, 0.717) is 12.1 Å². The number of aromatic nitrogens is 4. The predicted octanol–water partition coefficient (Wildman–Crippen LogP) is 4.98. The van der Waals surface area contributed by atoms with Gasteiger partial charge in [0.15, 0.2) is 0 Å². The van der Waals surface area contributed by atoms with Crippen molar-refractivity contribution in [2.45, 2.75) is 38.8 Å². The number of hydrogen-bond donors (Lipinski definition) is 1. The van der Waals surface area contributed by atoms with Gasteiger partial charge in [-0.1, -0.05) is 0 Å². The van der Waals surface area contributed by atoms with Crippen LogP contribution in [0.2, 0.25) is 0 Å². The molecule has 0 saturated carbocycles. The van der Waals surface area contributed by atoms with Gasteiger partial charge >= 0.3 is 18.5 Å². The fourth-order valence-electron chi connectivity index (χ4n) is 2.98.